The molecule has 2 heterocycles. The maximum atomic E-state index is 6.52. The molecule has 0 aromatic heterocycles. The first-order valence-electron chi connectivity index (χ1n) is 10.3. The molecule has 2 unspecified atom stereocenters. The van der Waals surface area contributed by atoms with Crippen molar-refractivity contribution in [3.05, 3.63) is 41.5 Å². The molecule has 5 heteroatoms. The van der Waals surface area contributed by atoms with Crippen molar-refractivity contribution in [3.63, 3.8) is 0 Å². The predicted molar refractivity (Wildman–Crippen MR) is 115 cm³/mol. The van der Waals surface area contributed by atoms with Crippen LogP contribution in [0.3, 0.4) is 0 Å². The van der Waals surface area contributed by atoms with Crippen LogP contribution in [0.15, 0.2) is 30.3 Å². The Morgan fingerprint density at radius 2 is 1.97 bits per heavy atom. The monoisotopic (exact) mass is 397 g/mol. The molecule has 0 saturated carbocycles. The number of nitrogens with one attached hydrogen (secondary N) is 1. The standard InChI is InChI=1S/C24H31NO4/c1-15-13-24(2,3)25-17-10-9-16-22-18(27-5)7-6-8-19(22)29-20(23(16)21(15)17)11-12-28-14-26-4/h6-10,15,20,25H,11-14H2,1-5H3. The molecule has 0 bridgehead atoms. The molecule has 1 N–H and O–H groups in total. The van der Waals surface area contributed by atoms with E-state index in [-0.39, 0.29) is 11.6 Å². The summed E-state index contributed by atoms with van der Waals surface area (Å²) in [6, 6.07) is 10.4. The Kier molecular flexibility index (Phi) is 5.45. The van der Waals surface area contributed by atoms with Gasteiger partial charge in [0.05, 0.1) is 19.3 Å². The van der Waals surface area contributed by atoms with Gasteiger partial charge in [0.2, 0.25) is 0 Å². The molecule has 2 aromatic rings. The fourth-order valence-electron chi connectivity index (χ4n) is 4.92. The van der Waals surface area contributed by atoms with Crippen molar-refractivity contribution in [2.24, 2.45) is 0 Å². The summed E-state index contributed by atoms with van der Waals surface area (Å²) >= 11 is 0. The smallest absolute Gasteiger partial charge is 0.146 e. The first kappa shape index (κ1) is 20.0. The van der Waals surface area contributed by atoms with Crippen LogP contribution in [0.2, 0.25) is 0 Å². The third-order valence-corrected chi connectivity index (χ3v) is 5.86. The minimum absolute atomic E-state index is 0.0677. The van der Waals surface area contributed by atoms with Gasteiger partial charge in [-0.2, -0.15) is 0 Å². The van der Waals surface area contributed by atoms with E-state index in [0.717, 1.165) is 29.9 Å². The molecule has 0 amide bonds. The van der Waals surface area contributed by atoms with Gasteiger partial charge in [0.25, 0.3) is 0 Å². The molecule has 2 aliphatic rings. The van der Waals surface area contributed by atoms with Gasteiger partial charge >= 0.3 is 0 Å². The highest BCUT2D eigenvalue weighted by molar-refractivity contribution is 5.84. The summed E-state index contributed by atoms with van der Waals surface area (Å²) in [7, 11) is 3.35. The minimum Gasteiger partial charge on any atom is -0.496 e. The molecular formula is C24H31NO4. The summed E-state index contributed by atoms with van der Waals surface area (Å²) < 4.78 is 22.8. The Morgan fingerprint density at radius 1 is 1.14 bits per heavy atom. The number of anilines is 1. The Labute approximate surface area is 173 Å². The number of hydrogen-bond donors (Lipinski definition) is 1. The Balaban J connectivity index is 1.84. The molecule has 0 aliphatic carbocycles. The predicted octanol–water partition coefficient (Wildman–Crippen LogP) is 5.50. The van der Waals surface area contributed by atoms with Crippen molar-refractivity contribution in [1.82, 2.24) is 0 Å². The van der Waals surface area contributed by atoms with E-state index in [2.05, 4.69) is 38.2 Å². The molecule has 5 nitrogen and oxygen atoms in total. The van der Waals surface area contributed by atoms with Crippen LogP contribution in [-0.2, 0) is 9.47 Å². The average molecular weight is 398 g/mol. The second-order valence-corrected chi connectivity index (χ2v) is 8.65. The summed E-state index contributed by atoms with van der Waals surface area (Å²) in [5.74, 6) is 2.14. The molecule has 2 aromatic carbocycles. The van der Waals surface area contributed by atoms with Crippen molar-refractivity contribution in [2.45, 2.75) is 51.2 Å². The minimum atomic E-state index is -0.0677. The summed E-state index contributed by atoms with van der Waals surface area (Å²) in [4.78, 5) is 0. The normalized spacial score (nSPS) is 21.3. The average Bonchev–Trinajstić information content (AvgIpc) is 2.69. The van der Waals surface area contributed by atoms with Crippen LogP contribution in [0.1, 0.15) is 56.8 Å². The fourth-order valence-corrected chi connectivity index (χ4v) is 4.92. The lowest BCUT2D eigenvalue weighted by molar-refractivity contribution is -0.0386. The van der Waals surface area contributed by atoms with Crippen molar-refractivity contribution in [3.8, 4) is 22.6 Å². The SMILES string of the molecule is COCOCCC1Oc2cccc(OC)c2-c2ccc3c(c21)C(C)CC(C)(C)N3. The van der Waals surface area contributed by atoms with E-state index in [1.807, 2.05) is 18.2 Å². The first-order valence-corrected chi connectivity index (χ1v) is 10.3. The van der Waals surface area contributed by atoms with E-state index >= 15 is 0 Å². The van der Waals surface area contributed by atoms with Crippen LogP contribution in [0, 0.1) is 0 Å². The van der Waals surface area contributed by atoms with Gasteiger partial charge in [-0.1, -0.05) is 19.1 Å². The first-order chi connectivity index (χ1) is 13.9. The fraction of sp³-hybridized carbons (Fsp3) is 0.500. The van der Waals surface area contributed by atoms with E-state index in [4.69, 9.17) is 18.9 Å². The topological polar surface area (TPSA) is 49.0 Å². The largest absolute Gasteiger partial charge is 0.496 e. The molecule has 0 fully saturated rings. The summed E-state index contributed by atoms with van der Waals surface area (Å²) in [5, 5.41) is 3.73. The third-order valence-electron chi connectivity index (χ3n) is 5.86. The van der Waals surface area contributed by atoms with Gasteiger partial charge in [0.15, 0.2) is 0 Å². The van der Waals surface area contributed by atoms with E-state index in [1.54, 1.807) is 14.2 Å². The molecule has 2 atom stereocenters. The van der Waals surface area contributed by atoms with Crippen molar-refractivity contribution < 1.29 is 18.9 Å². The number of methoxy groups -OCH3 is 2. The third kappa shape index (κ3) is 3.69. The molecule has 2 aliphatic heterocycles. The molecule has 0 spiro atoms. The van der Waals surface area contributed by atoms with E-state index in [0.29, 0.717) is 19.3 Å². The lowest BCUT2D eigenvalue weighted by atomic mass is 9.76. The van der Waals surface area contributed by atoms with Crippen LogP contribution < -0.4 is 14.8 Å². The maximum absolute atomic E-state index is 6.52. The molecule has 0 saturated heterocycles. The maximum Gasteiger partial charge on any atom is 0.146 e. The van der Waals surface area contributed by atoms with E-state index in [9.17, 15) is 0 Å². The number of ether oxygens (including phenoxy) is 4. The lowest BCUT2D eigenvalue weighted by Crippen LogP contribution is -2.37. The van der Waals surface area contributed by atoms with Gasteiger partial charge in [0, 0.05) is 30.3 Å². The number of rotatable bonds is 6. The van der Waals surface area contributed by atoms with Crippen molar-refractivity contribution in [1.29, 1.82) is 0 Å². The molecule has 156 valence electrons. The number of fused-ring (bicyclic) bond motifs is 5. The Hall–Kier alpha value is -2.24. The van der Waals surface area contributed by atoms with Crippen LogP contribution in [0.25, 0.3) is 11.1 Å². The molecular weight excluding hydrogens is 366 g/mol. The zero-order valence-corrected chi connectivity index (χ0v) is 18.0. The van der Waals surface area contributed by atoms with Gasteiger partial charge in [0.1, 0.15) is 24.4 Å². The number of benzene rings is 2. The molecule has 4 rings (SSSR count). The van der Waals surface area contributed by atoms with Crippen LogP contribution in [0.4, 0.5) is 5.69 Å². The van der Waals surface area contributed by atoms with Gasteiger partial charge in [-0.25, -0.2) is 0 Å². The van der Waals surface area contributed by atoms with Gasteiger partial charge in [-0.3, -0.25) is 0 Å². The quantitative estimate of drug-likeness (QED) is 0.515. The highest BCUT2D eigenvalue weighted by atomic mass is 16.7. The zero-order chi connectivity index (χ0) is 20.6. The Bertz CT molecular complexity index is 893. The van der Waals surface area contributed by atoms with E-state index in [1.165, 1.54) is 22.4 Å². The zero-order valence-electron chi connectivity index (χ0n) is 18.0. The van der Waals surface area contributed by atoms with Gasteiger partial charge in [-0.15, -0.1) is 0 Å². The van der Waals surface area contributed by atoms with Crippen molar-refractivity contribution >= 4 is 5.69 Å². The van der Waals surface area contributed by atoms with E-state index < -0.39 is 0 Å². The molecule has 29 heavy (non-hydrogen) atoms. The highest BCUT2D eigenvalue weighted by Crippen LogP contribution is 2.53. The summed E-state index contributed by atoms with van der Waals surface area (Å²) in [6.45, 7) is 7.71. The highest BCUT2D eigenvalue weighted by Gasteiger charge is 2.37. The Morgan fingerprint density at radius 3 is 2.72 bits per heavy atom. The van der Waals surface area contributed by atoms with Crippen LogP contribution in [-0.4, -0.2) is 33.2 Å². The second kappa shape index (κ2) is 7.88. The summed E-state index contributed by atoms with van der Waals surface area (Å²) in [6.07, 6.45) is 1.77. The van der Waals surface area contributed by atoms with Crippen LogP contribution >= 0.6 is 0 Å². The second-order valence-electron chi connectivity index (χ2n) is 8.65. The van der Waals surface area contributed by atoms with Gasteiger partial charge < -0.3 is 24.3 Å². The molecule has 0 radical (unpaired) electrons. The number of hydrogen-bond acceptors (Lipinski definition) is 5. The van der Waals surface area contributed by atoms with Crippen LogP contribution in [0.5, 0.6) is 11.5 Å². The van der Waals surface area contributed by atoms with Gasteiger partial charge in [-0.05, 0) is 55.5 Å². The lowest BCUT2D eigenvalue weighted by Gasteiger charge is -2.41. The summed E-state index contributed by atoms with van der Waals surface area (Å²) in [5.41, 5.74) is 6.14. The van der Waals surface area contributed by atoms with Crippen molar-refractivity contribution in [2.75, 3.05) is 32.9 Å².